The minimum absolute atomic E-state index is 0.0362. The van der Waals surface area contributed by atoms with Crippen LogP contribution in [0.3, 0.4) is 0 Å². The lowest BCUT2D eigenvalue weighted by Gasteiger charge is -2.57. The number of nitrogens with zero attached hydrogens (tertiary/aromatic N) is 1. The Morgan fingerprint density at radius 2 is 1.47 bits per heavy atom. The van der Waals surface area contributed by atoms with E-state index in [1.165, 1.54) is 103 Å². The zero-order valence-corrected chi connectivity index (χ0v) is 20.2. The van der Waals surface area contributed by atoms with Gasteiger partial charge in [0.05, 0.1) is 11.5 Å². The summed E-state index contributed by atoms with van der Waals surface area (Å²) in [6.45, 7) is 4.69. The number of unbranched alkanes of at least 4 members (excludes halogenated alkanes) is 4. The largest absolute Gasteiger partial charge is 0.198 e. The molecule has 0 aromatic heterocycles. The van der Waals surface area contributed by atoms with Crippen LogP contribution in [0, 0.1) is 58.2 Å². The van der Waals surface area contributed by atoms with Crippen molar-refractivity contribution >= 4 is 0 Å². The van der Waals surface area contributed by atoms with E-state index in [1.54, 1.807) is 12.8 Å². The van der Waals surface area contributed by atoms with Crippen LogP contribution in [-0.2, 0) is 0 Å². The minimum atomic E-state index is 0.0362. The molecule has 30 heavy (non-hydrogen) atoms. The van der Waals surface area contributed by atoms with Gasteiger partial charge in [-0.05, 0) is 99.2 Å². The Bertz CT molecular complexity index is 573. The zero-order valence-electron chi connectivity index (χ0n) is 20.2. The van der Waals surface area contributed by atoms with Crippen molar-refractivity contribution in [3.05, 3.63) is 0 Å². The topological polar surface area (TPSA) is 23.8 Å². The van der Waals surface area contributed by atoms with Crippen LogP contribution in [0.4, 0.5) is 0 Å². The van der Waals surface area contributed by atoms with Crippen LogP contribution in [0.25, 0.3) is 0 Å². The van der Waals surface area contributed by atoms with E-state index in [0.717, 1.165) is 41.4 Å². The van der Waals surface area contributed by atoms with E-state index < -0.39 is 0 Å². The molecule has 1 nitrogen and oxygen atoms in total. The number of hydrogen-bond donors (Lipinski definition) is 0. The van der Waals surface area contributed by atoms with Gasteiger partial charge in [0.2, 0.25) is 0 Å². The summed E-state index contributed by atoms with van der Waals surface area (Å²) >= 11 is 0. The third-order valence-electron chi connectivity index (χ3n) is 10.5. The summed E-state index contributed by atoms with van der Waals surface area (Å²) in [5, 5.41) is 10.2. The fourth-order valence-electron chi connectivity index (χ4n) is 9.15. The van der Waals surface area contributed by atoms with Crippen molar-refractivity contribution in [3.8, 4) is 6.07 Å². The summed E-state index contributed by atoms with van der Waals surface area (Å²) < 4.78 is 0. The van der Waals surface area contributed by atoms with Gasteiger partial charge >= 0.3 is 0 Å². The van der Waals surface area contributed by atoms with Gasteiger partial charge in [-0.25, -0.2) is 0 Å². The van der Waals surface area contributed by atoms with Crippen LogP contribution in [0.5, 0.6) is 0 Å². The molecule has 1 heteroatoms. The highest BCUT2D eigenvalue weighted by molar-refractivity contribution is 5.07. The lowest BCUT2D eigenvalue weighted by atomic mass is 9.48. The van der Waals surface area contributed by atoms with Crippen molar-refractivity contribution in [2.45, 2.75) is 129 Å². The SMILES string of the molecule is CCCCCCC[C@@]1(C#N)CCC2C(CCC3C2CCC2C3CCC[C@H]2CCC)C1. The normalized spacial score (nSPS) is 43.2. The maximum absolute atomic E-state index is 10.2. The fourth-order valence-corrected chi connectivity index (χ4v) is 9.15. The molecule has 4 saturated carbocycles. The van der Waals surface area contributed by atoms with Crippen molar-refractivity contribution in [2.75, 3.05) is 0 Å². The van der Waals surface area contributed by atoms with E-state index in [0.29, 0.717) is 0 Å². The molecular formula is C29H49N. The Kier molecular flexibility index (Phi) is 7.86. The van der Waals surface area contributed by atoms with Crippen molar-refractivity contribution in [2.24, 2.45) is 46.8 Å². The molecule has 0 saturated heterocycles. The first kappa shape index (κ1) is 22.7. The highest BCUT2D eigenvalue weighted by Gasteiger charge is 2.52. The first-order valence-electron chi connectivity index (χ1n) is 14.1. The van der Waals surface area contributed by atoms with E-state index in [4.69, 9.17) is 0 Å². The second kappa shape index (κ2) is 10.4. The fraction of sp³-hybridized carbons (Fsp3) is 0.966. The summed E-state index contributed by atoms with van der Waals surface area (Å²) in [5.41, 5.74) is 0.0362. The molecule has 0 radical (unpaired) electrons. The van der Waals surface area contributed by atoms with Crippen LogP contribution in [-0.4, -0.2) is 0 Å². The van der Waals surface area contributed by atoms with Crippen molar-refractivity contribution in [1.82, 2.24) is 0 Å². The van der Waals surface area contributed by atoms with Crippen LogP contribution in [0.15, 0.2) is 0 Å². The smallest absolute Gasteiger partial charge is 0.0689 e. The second-order valence-electron chi connectivity index (χ2n) is 12.0. The van der Waals surface area contributed by atoms with Crippen molar-refractivity contribution in [3.63, 3.8) is 0 Å². The van der Waals surface area contributed by atoms with Gasteiger partial charge in [-0.3, -0.25) is 0 Å². The van der Waals surface area contributed by atoms with Gasteiger partial charge in [0.1, 0.15) is 0 Å². The first-order valence-corrected chi connectivity index (χ1v) is 14.1. The van der Waals surface area contributed by atoms with Crippen molar-refractivity contribution in [1.29, 1.82) is 5.26 Å². The van der Waals surface area contributed by atoms with Gasteiger partial charge in [0.25, 0.3) is 0 Å². The summed E-state index contributed by atoms with van der Waals surface area (Å²) in [4.78, 5) is 0. The molecule has 8 atom stereocenters. The molecule has 4 fully saturated rings. The Labute approximate surface area is 187 Å². The number of fused-ring (bicyclic) bond motifs is 5. The molecule has 0 aromatic rings. The molecular weight excluding hydrogens is 362 g/mol. The predicted molar refractivity (Wildman–Crippen MR) is 127 cm³/mol. The number of hydrogen-bond acceptors (Lipinski definition) is 1. The average molecular weight is 412 g/mol. The first-order chi connectivity index (χ1) is 14.7. The van der Waals surface area contributed by atoms with E-state index in [2.05, 4.69) is 19.9 Å². The van der Waals surface area contributed by atoms with E-state index >= 15 is 0 Å². The molecule has 4 aliphatic rings. The van der Waals surface area contributed by atoms with Gasteiger partial charge in [-0.15, -0.1) is 0 Å². The summed E-state index contributed by atoms with van der Waals surface area (Å²) in [5.74, 6) is 7.11. The summed E-state index contributed by atoms with van der Waals surface area (Å²) in [6.07, 6.45) is 25.2. The molecule has 0 bridgehead atoms. The molecule has 0 amide bonds. The Balaban J connectivity index is 1.36. The quantitative estimate of drug-likeness (QED) is 0.366. The van der Waals surface area contributed by atoms with Gasteiger partial charge in [0.15, 0.2) is 0 Å². The molecule has 4 aliphatic carbocycles. The summed E-state index contributed by atoms with van der Waals surface area (Å²) in [7, 11) is 0. The molecule has 0 heterocycles. The number of rotatable bonds is 8. The zero-order chi connectivity index (χ0) is 21.0. The van der Waals surface area contributed by atoms with Gasteiger partial charge in [-0.2, -0.15) is 5.26 Å². The van der Waals surface area contributed by atoms with Crippen molar-refractivity contribution < 1.29 is 0 Å². The van der Waals surface area contributed by atoms with Crippen LogP contribution in [0.1, 0.15) is 129 Å². The van der Waals surface area contributed by atoms with Gasteiger partial charge < -0.3 is 0 Å². The molecule has 0 aliphatic heterocycles. The predicted octanol–water partition coefficient (Wildman–Crippen LogP) is 8.93. The third kappa shape index (κ3) is 4.64. The average Bonchev–Trinajstić information content (AvgIpc) is 2.78. The maximum atomic E-state index is 10.2. The maximum Gasteiger partial charge on any atom is 0.0689 e. The molecule has 0 aromatic carbocycles. The Hall–Kier alpha value is -0.510. The molecule has 4 rings (SSSR count). The second-order valence-corrected chi connectivity index (χ2v) is 12.0. The molecule has 170 valence electrons. The molecule has 0 N–H and O–H groups in total. The van der Waals surface area contributed by atoms with E-state index in [-0.39, 0.29) is 5.41 Å². The minimum Gasteiger partial charge on any atom is -0.198 e. The standard InChI is InChI=1S/C29H49N/c1-3-5-6-7-8-18-29(21-30)19-17-25-23(20-29)13-14-28-26-12-9-11-22(10-4-2)24(26)15-16-27(25)28/h22-28H,3-20H2,1-2H3/t22-,23?,24?,25?,26?,27?,28?,29-/m1/s1. The molecule has 6 unspecified atom stereocenters. The summed E-state index contributed by atoms with van der Waals surface area (Å²) in [6, 6.07) is 2.88. The number of nitriles is 1. The lowest BCUT2D eigenvalue weighted by Crippen LogP contribution is -2.49. The Morgan fingerprint density at radius 3 is 2.27 bits per heavy atom. The Morgan fingerprint density at radius 1 is 0.733 bits per heavy atom. The molecule has 0 spiro atoms. The van der Waals surface area contributed by atoms with Gasteiger partial charge in [-0.1, -0.05) is 71.6 Å². The van der Waals surface area contributed by atoms with Crippen LogP contribution in [0.2, 0.25) is 0 Å². The van der Waals surface area contributed by atoms with E-state index in [1.807, 2.05) is 0 Å². The monoisotopic (exact) mass is 411 g/mol. The van der Waals surface area contributed by atoms with Crippen LogP contribution >= 0.6 is 0 Å². The van der Waals surface area contributed by atoms with Gasteiger partial charge in [0, 0.05) is 0 Å². The highest BCUT2D eigenvalue weighted by Crippen LogP contribution is 2.60. The van der Waals surface area contributed by atoms with Crippen LogP contribution < -0.4 is 0 Å². The lowest BCUT2D eigenvalue weighted by molar-refractivity contribution is -0.0717. The van der Waals surface area contributed by atoms with E-state index in [9.17, 15) is 5.26 Å². The highest BCUT2D eigenvalue weighted by atomic mass is 14.6. The third-order valence-corrected chi connectivity index (χ3v) is 10.5.